The number of para-hydroxylation sites is 1. The van der Waals surface area contributed by atoms with Crippen molar-refractivity contribution in [3.05, 3.63) is 48.5 Å². The van der Waals surface area contributed by atoms with Gasteiger partial charge in [0, 0.05) is 50.1 Å². The van der Waals surface area contributed by atoms with Crippen molar-refractivity contribution < 1.29 is 19.0 Å². The summed E-state index contributed by atoms with van der Waals surface area (Å²) in [4.78, 5) is 16.6. The lowest BCUT2D eigenvalue weighted by Gasteiger charge is -2.36. The van der Waals surface area contributed by atoms with Crippen LogP contribution >= 0.6 is 0 Å². The molecule has 0 aliphatic carbocycles. The number of hydrogen-bond donors (Lipinski definition) is 0. The molecule has 3 rings (SSSR count). The number of carbonyl (C=O) groups excluding carboxylic acids is 1. The molecule has 1 aliphatic heterocycles. The first-order chi connectivity index (χ1) is 12.7. The molecule has 0 N–H and O–H groups in total. The molecule has 0 spiro atoms. The maximum absolute atomic E-state index is 12.4. The second kappa shape index (κ2) is 8.47. The van der Waals surface area contributed by atoms with Crippen molar-refractivity contribution in [1.29, 1.82) is 0 Å². The molecule has 2 aromatic rings. The normalized spacial score (nSPS) is 14.1. The molecule has 2 aromatic carbocycles. The Kier molecular flexibility index (Phi) is 5.84. The third kappa shape index (κ3) is 4.39. The maximum Gasteiger partial charge on any atom is 0.260 e. The molecule has 0 aromatic heterocycles. The molecular weight excluding hydrogens is 332 g/mol. The van der Waals surface area contributed by atoms with Crippen LogP contribution in [-0.4, -0.2) is 57.8 Å². The molecule has 0 atom stereocenters. The minimum Gasteiger partial charge on any atom is -0.496 e. The van der Waals surface area contributed by atoms with Gasteiger partial charge in [-0.2, -0.15) is 0 Å². The van der Waals surface area contributed by atoms with Crippen LogP contribution in [0.4, 0.5) is 5.69 Å². The SMILES string of the molecule is COc1cc(OC)cc(OCC(=O)N2CCN(c3ccccc3)CC2)c1. The van der Waals surface area contributed by atoms with Gasteiger partial charge in [0.25, 0.3) is 5.91 Å². The smallest absolute Gasteiger partial charge is 0.260 e. The molecule has 1 heterocycles. The maximum atomic E-state index is 12.4. The van der Waals surface area contributed by atoms with Gasteiger partial charge in [0.05, 0.1) is 14.2 Å². The highest BCUT2D eigenvalue weighted by Gasteiger charge is 2.21. The number of ether oxygens (including phenoxy) is 3. The van der Waals surface area contributed by atoms with Crippen molar-refractivity contribution in [3.8, 4) is 17.2 Å². The minimum absolute atomic E-state index is 0.00165. The van der Waals surface area contributed by atoms with Crippen LogP contribution in [-0.2, 0) is 4.79 Å². The van der Waals surface area contributed by atoms with Gasteiger partial charge < -0.3 is 24.0 Å². The lowest BCUT2D eigenvalue weighted by Crippen LogP contribution is -2.50. The first-order valence-electron chi connectivity index (χ1n) is 8.63. The van der Waals surface area contributed by atoms with Gasteiger partial charge in [-0.05, 0) is 12.1 Å². The van der Waals surface area contributed by atoms with Crippen LogP contribution in [0.25, 0.3) is 0 Å². The highest BCUT2D eigenvalue weighted by Crippen LogP contribution is 2.27. The van der Waals surface area contributed by atoms with E-state index in [9.17, 15) is 4.79 Å². The summed E-state index contributed by atoms with van der Waals surface area (Å²) in [6.07, 6.45) is 0. The Labute approximate surface area is 153 Å². The van der Waals surface area contributed by atoms with Crippen molar-refractivity contribution in [2.45, 2.75) is 0 Å². The second-order valence-electron chi connectivity index (χ2n) is 6.04. The largest absolute Gasteiger partial charge is 0.496 e. The topological polar surface area (TPSA) is 51.2 Å². The molecule has 0 bridgehead atoms. The van der Waals surface area contributed by atoms with Gasteiger partial charge in [0.2, 0.25) is 0 Å². The fourth-order valence-corrected chi connectivity index (χ4v) is 2.95. The van der Waals surface area contributed by atoms with Crippen LogP contribution in [0.2, 0.25) is 0 Å². The van der Waals surface area contributed by atoms with Crippen molar-refractivity contribution >= 4 is 11.6 Å². The van der Waals surface area contributed by atoms with Crippen LogP contribution in [0, 0.1) is 0 Å². The highest BCUT2D eigenvalue weighted by molar-refractivity contribution is 5.78. The van der Waals surface area contributed by atoms with Crippen LogP contribution in [0.5, 0.6) is 17.2 Å². The molecule has 1 aliphatic rings. The first kappa shape index (κ1) is 17.9. The Bertz CT molecular complexity index is 706. The summed E-state index contributed by atoms with van der Waals surface area (Å²) in [6.45, 7) is 3.03. The van der Waals surface area contributed by atoms with Gasteiger partial charge in [-0.3, -0.25) is 4.79 Å². The quantitative estimate of drug-likeness (QED) is 0.796. The molecule has 0 radical (unpaired) electrons. The van der Waals surface area contributed by atoms with Crippen molar-refractivity contribution in [2.24, 2.45) is 0 Å². The average Bonchev–Trinajstić information content (AvgIpc) is 2.72. The Balaban J connectivity index is 1.52. The Morgan fingerprint density at radius 2 is 1.46 bits per heavy atom. The molecule has 0 unspecified atom stereocenters. The van der Waals surface area contributed by atoms with Crippen molar-refractivity contribution in [2.75, 3.05) is 51.9 Å². The summed E-state index contributed by atoms with van der Waals surface area (Å²) < 4.78 is 16.1. The summed E-state index contributed by atoms with van der Waals surface area (Å²) in [5, 5.41) is 0. The Morgan fingerprint density at radius 3 is 2.04 bits per heavy atom. The fraction of sp³-hybridized carbons (Fsp3) is 0.350. The lowest BCUT2D eigenvalue weighted by atomic mass is 10.2. The fourth-order valence-electron chi connectivity index (χ4n) is 2.95. The van der Waals surface area contributed by atoms with E-state index < -0.39 is 0 Å². The molecule has 138 valence electrons. The number of piperazine rings is 1. The van der Waals surface area contributed by atoms with Crippen LogP contribution in [0.3, 0.4) is 0 Å². The van der Waals surface area contributed by atoms with E-state index in [1.54, 1.807) is 32.4 Å². The highest BCUT2D eigenvalue weighted by atomic mass is 16.5. The summed E-state index contributed by atoms with van der Waals surface area (Å²) >= 11 is 0. The average molecular weight is 356 g/mol. The van der Waals surface area contributed by atoms with E-state index in [2.05, 4.69) is 17.0 Å². The number of rotatable bonds is 6. The third-order valence-corrected chi connectivity index (χ3v) is 4.44. The number of hydrogen-bond acceptors (Lipinski definition) is 5. The summed E-state index contributed by atoms with van der Waals surface area (Å²) in [5.74, 6) is 1.79. The number of methoxy groups -OCH3 is 2. The van der Waals surface area contributed by atoms with Gasteiger partial charge in [-0.15, -0.1) is 0 Å². The molecule has 6 nitrogen and oxygen atoms in total. The number of anilines is 1. The standard InChI is InChI=1S/C20H24N2O4/c1-24-17-12-18(25-2)14-19(13-17)26-15-20(23)22-10-8-21(9-11-22)16-6-4-3-5-7-16/h3-7,12-14H,8-11,15H2,1-2H3. The molecule has 1 fully saturated rings. The van der Waals surface area contributed by atoms with Gasteiger partial charge in [0.1, 0.15) is 17.2 Å². The molecule has 0 saturated carbocycles. The molecule has 1 saturated heterocycles. The van der Waals surface area contributed by atoms with Gasteiger partial charge in [-0.1, -0.05) is 18.2 Å². The Morgan fingerprint density at radius 1 is 0.885 bits per heavy atom. The molecule has 1 amide bonds. The van der Waals surface area contributed by atoms with Crippen LogP contribution < -0.4 is 19.1 Å². The Hall–Kier alpha value is -2.89. The van der Waals surface area contributed by atoms with Gasteiger partial charge >= 0.3 is 0 Å². The van der Waals surface area contributed by atoms with Gasteiger partial charge in [0.15, 0.2) is 6.61 Å². The van der Waals surface area contributed by atoms with E-state index in [1.165, 1.54) is 5.69 Å². The van der Waals surface area contributed by atoms with E-state index in [-0.39, 0.29) is 12.5 Å². The van der Waals surface area contributed by atoms with Crippen molar-refractivity contribution in [1.82, 2.24) is 4.90 Å². The first-order valence-corrected chi connectivity index (χ1v) is 8.63. The molecule has 6 heteroatoms. The van der Waals surface area contributed by atoms with Crippen molar-refractivity contribution in [3.63, 3.8) is 0 Å². The number of amides is 1. The van der Waals surface area contributed by atoms with E-state index in [4.69, 9.17) is 14.2 Å². The monoisotopic (exact) mass is 356 g/mol. The van der Waals surface area contributed by atoms with E-state index >= 15 is 0 Å². The molecular formula is C20H24N2O4. The third-order valence-electron chi connectivity index (χ3n) is 4.44. The lowest BCUT2D eigenvalue weighted by molar-refractivity contribution is -0.133. The zero-order chi connectivity index (χ0) is 18.4. The van der Waals surface area contributed by atoms with E-state index in [0.29, 0.717) is 30.3 Å². The predicted molar refractivity (Wildman–Crippen MR) is 100 cm³/mol. The summed E-state index contributed by atoms with van der Waals surface area (Å²) in [5.41, 5.74) is 1.19. The number of carbonyl (C=O) groups is 1. The predicted octanol–water partition coefficient (Wildman–Crippen LogP) is 2.43. The number of nitrogens with zero attached hydrogens (tertiary/aromatic N) is 2. The minimum atomic E-state index is -0.0144. The van der Waals surface area contributed by atoms with E-state index in [0.717, 1.165) is 13.1 Å². The second-order valence-corrected chi connectivity index (χ2v) is 6.04. The zero-order valence-corrected chi connectivity index (χ0v) is 15.2. The van der Waals surface area contributed by atoms with Gasteiger partial charge in [-0.25, -0.2) is 0 Å². The number of benzene rings is 2. The van der Waals surface area contributed by atoms with Crippen LogP contribution in [0.1, 0.15) is 0 Å². The van der Waals surface area contributed by atoms with Crippen LogP contribution in [0.15, 0.2) is 48.5 Å². The van der Waals surface area contributed by atoms with E-state index in [1.807, 2.05) is 23.1 Å². The molecule has 26 heavy (non-hydrogen) atoms. The summed E-state index contributed by atoms with van der Waals surface area (Å²) in [7, 11) is 3.16. The zero-order valence-electron chi connectivity index (χ0n) is 15.2. The summed E-state index contributed by atoms with van der Waals surface area (Å²) in [6, 6.07) is 15.5.